The molecule has 1 saturated heterocycles. The van der Waals surface area contributed by atoms with E-state index in [-0.39, 0.29) is 17.9 Å². The highest BCUT2D eigenvalue weighted by Crippen LogP contribution is 2.36. The number of rotatable bonds is 8. The van der Waals surface area contributed by atoms with Gasteiger partial charge in [-0.2, -0.15) is 0 Å². The zero-order chi connectivity index (χ0) is 24.2. The van der Waals surface area contributed by atoms with Crippen LogP contribution in [0.4, 0.5) is 0 Å². The standard InChI is InChI=1S/C29H32N2O4/c32-28(31-19-23-6-1-2-7-24(23)20-31)18-25(29(33)34)17-21-9-11-26(12-10-21)35-16-15-30-14-13-22-5-3-4-8-27(22)30/h3-5,8-14,17,23-24H,1-2,6-7,15-16,18-20H2,(H,33,34)/b25-17-/t23-,24+. The number of hydrogen-bond acceptors (Lipinski definition) is 3. The number of carboxylic acid groups (broad SMARTS) is 1. The summed E-state index contributed by atoms with van der Waals surface area (Å²) < 4.78 is 8.06. The molecule has 1 N–H and O–H groups in total. The molecule has 2 fully saturated rings. The van der Waals surface area contributed by atoms with Crippen molar-refractivity contribution in [2.45, 2.75) is 38.6 Å². The number of carbonyl (C=O) groups is 2. The van der Waals surface area contributed by atoms with Crippen LogP contribution in [0, 0.1) is 11.8 Å². The number of aliphatic carboxylic acids is 1. The lowest BCUT2D eigenvalue weighted by molar-refractivity contribution is -0.136. The quantitative estimate of drug-likeness (QED) is 0.456. The molecule has 1 amide bonds. The first-order chi connectivity index (χ1) is 17.1. The molecule has 2 aliphatic rings. The Morgan fingerprint density at radius 1 is 0.971 bits per heavy atom. The number of nitrogens with zero attached hydrogens (tertiary/aromatic N) is 2. The van der Waals surface area contributed by atoms with E-state index in [0.29, 0.717) is 18.4 Å². The predicted octanol–water partition coefficient (Wildman–Crippen LogP) is 5.23. The highest BCUT2D eigenvalue weighted by atomic mass is 16.5. The third-order valence-corrected chi connectivity index (χ3v) is 7.45. The van der Waals surface area contributed by atoms with Crippen molar-refractivity contribution in [1.82, 2.24) is 9.47 Å². The molecule has 3 aromatic rings. The first-order valence-corrected chi connectivity index (χ1v) is 12.6. The fraction of sp³-hybridized carbons (Fsp3) is 0.379. The van der Waals surface area contributed by atoms with Crippen LogP contribution >= 0.6 is 0 Å². The van der Waals surface area contributed by atoms with Gasteiger partial charge in [-0.25, -0.2) is 4.79 Å². The lowest BCUT2D eigenvalue weighted by Crippen LogP contribution is -2.29. The Kier molecular flexibility index (Phi) is 6.89. The smallest absolute Gasteiger partial charge is 0.332 e. The van der Waals surface area contributed by atoms with E-state index in [0.717, 1.165) is 30.9 Å². The molecule has 5 rings (SSSR count). The Hall–Kier alpha value is -3.54. The molecule has 1 aliphatic carbocycles. The second kappa shape index (κ2) is 10.4. The number of hydrogen-bond donors (Lipinski definition) is 1. The average molecular weight is 473 g/mol. The molecule has 0 unspecified atom stereocenters. The van der Waals surface area contributed by atoms with E-state index in [1.807, 2.05) is 41.3 Å². The SMILES string of the molecule is O=C(O)/C(=C\c1ccc(OCCn2ccc3ccccc32)cc1)CC(=O)N1C[C@H]2CCCC[C@H]2C1. The summed E-state index contributed by atoms with van der Waals surface area (Å²) in [4.78, 5) is 26.6. The van der Waals surface area contributed by atoms with E-state index in [2.05, 4.69) is 29.0 Å². The van der Waals surface area contributed by atoms with Crippen molar-refractivity contribution in [2.75, 3.05) is 19.7 Å². The Labute approximate surface area is 205 Å². The Morgan fingerprint density at radius 2 is 1.69 bits per heavy atom. The van der Waals surface area contributed by atoms with Crippen molar-refractivity contribution in [2.24, 2.45) is 11.8 Å². The van der Waals surface area contributed by atoms with E-state index < -0.39 is 5.97 Å². The molecular weight excluding hydrogens is 440 g/mol. The molecule has 2 atom stereocenters. The van der Waals surface area contributed by atoms with E-state index >= 15 is 0 Å². The molecule has 182 valence electrons. The number of aromatic nitrogens is 1. The van der Waals surface area contributed by atoms with Crippen molar-refractivity contribution >= 4 is 28.9 Å². The molecule has 6 nitrogen and oxygen atoms in total. The molecule has 0 spiro atoms. The van der Waals surface area contributed by atoms with Crippen LogP contribution in [0.25, 0.3) is 17.0 Å². The van der Waals surface area contributed by atoms with Crippen molar-refractivity contribution in [1.29, 1.82) is 0 Å². The topological polar surface area (TPSA) is 71.8 Å². The third-order valence-electron chi connectivity index (χ3n) is 7.45. The lowest BCUT2D eigenvalue weighted by atomic mass is 9.82. The van der Waals surface area contributed by atoms with Gasteiger partial charge in [0.1, 0.15) is 12.4 Å². The summed E-state index contributed by atoms with van der Waals surface area (Å²) in [5, 5.41) is 10.9. The minimum atomic E-state index is -1.05. The number of ether oxygens (including phenoxy) is 1. The maximum Gasteiger partial charge on any atom is 0.332 e. The summed E-state index contributed by atoms with van der Waals surface area (Å²) in [7, 11) is 0. The number of benzene rings is 2. The van der Waals surface area contributed by atoms with E-state index in [4.69, 9.17) is 4.74 Å². The predicted molar refractivity (Wildman–Crippen MR) is 136 cm³/mol. The fourth-order valence-corrected chi connectivity index (χ4v) is 5.53. The Balaban J connectivity index is 1.17. The molecule has 1 aromatic heterocycles. The fourth-order valence-electron chi connectivity index (χ4n) is 5.53. The van der Waals surface area contributed by atoms with Gasteiger partial charge in [0.25, 0.3) is 0 Å². The minimum Gasteiger partial charge on any atom is -0.492 e. The van der Waals surface area contributed by atoms with E-state index in [1.165, 1.54) is 36.6 Å². The number of para-hydroxylation sites is 1. The molecule has 0 bridgehead atoms. The highest BCUT2D eigenvalue weighted by molar-refractivity contribution is 5.98. The maximum absolute atomic E-state index is 12.8. The van der Waals surface area contributed by atoms with Crippen molar-refractivity contribution < 1.29 is 19.4 Å². The van der Waals surface area contributed by atoms with Crippen LogP contribution in [-0.2, 0) is 16.1 Å². The van der Waals surface area contributed by atoms with Gasteiger partial charge in [-0.15, -0.1) is 0 Å². The van der Waals surface area contributed by atoms with E-state index in [9.17, 15) is 14.7 Å². The molecule has 1 saturated carbocycles. The summed E-state index contributed by atoms with van der Waals surface area (Å²) in [6.45, 7) is 2.82. The van der Waals surface area contributed by atoms with Crippen LogP contribution < -0.4 is 4.74 Å². The molecule has 35 heavy (non-hydrogen) atoms. The number of likely N-dealkylation sites (tertiary alicyclic amines) is 1. The molecular formula is C29H32N2O4. The summed E-state index contributed by atoms with van der Waals surface area (Å²) in [5.74, 6) is 0.786. The summed E-state index contributed by atoms with van der Waals surface area (Å²) in [6.07, 6.45) is 8.45. The van der Waals surface area contributed by atoms with Crippen LogP contribution in [0.3, 0.4) is 0 Å². The normalized spacial score (nSPS) is 20.1. The van der Waals surface area contributed by atoms with E-state index in [1.54, 1.807) is 6.08 Å². The lowest BCUT2D eigenvalue weighted by Gasteiger charge is -2.22. The highest BCUT2D eigenvalue weighted by Gasteiger charge is 2.36. The van der Waals surface area contributed by atoms with Gasteiger partial charge in [0.2, 0.25) is 5.91 Å². The molecule has 2 aromatic carbocycles. The first-order valence-electron chi connectivity index (χ1n) is 12.6. The second-order valence-electron chi connectivity index (χ2n) is 9.74. The Morgan fingerprint density at radius 3 is 2.40 bits per heavy atom. The molecule has 6 heteroatoms. The third kappa shape index (κ3) is 5.42. The van der Waals surface area contributed by atoms with Crippen LogP contribution in [-0.4, -0.2) is 46.1 Å². The number of carbonyl (C=O) groups excluding carboxylic acids is 1. The minimum absolute atomic E-state index is 0.0716. The van der Waals surface area contributed by atoms with Gasteiger partial charge in [0.15, 0.2) is 0 Å². The van der Waals surface area contributed by atoms with Crippen LogP contribution in [0.5, 0.6) is 5.75 Å². The number of fused-ring (bicyclic) bond motifs is 2. The van der Waals surface area contributed by atoms with Gasteiger partial charge in [-0.05, 0) is 66.0 Å². The average Bonchev–Trinajstić information content (AvgIpc) is 3.49. The van der Waals surface area contributed by atoms with Crippen molar-refractivity contribution in [3.8, 4) is 5.75 Å². The largest absolute Gasteiger partial charge is 0.492 e. The van der Waals surface area contributed by atoms with Crippen molar-refractivity contribution in [3.63, 3.8) is 0 Å². The van der Waals surface area contributed by atoms with Crippen LogP contribution in [0.1, 0.15) is 37.7 Å². The second-order valence-corrected chi connectivity index (χ2v) is 9.74. The monoisotopic (exact) mass is 472 g/mol. The van der Waals surface area contributed by atoms with Crippen molar-refractivity contribution in [3.05, 3.63) is 71.9 Å². The molecule has 2 heterocycles. The van der Waals surface area contributed by atoms with Crippen LogP contribution in [0.15, 0.2) is 66.4 Å². The van der Waals surface area contributed by atoms with Gasteiger partial charge in [0, 0.05) is 30.4 Å². The zero-order valence-corrected chi connectivity index (χ0v) is 19.9. The van der Waals surface area contributed by atoms with Gasteiger partial charge >= 0.3 is 5.97 Å². The maximum atomic E-state index is 12.8. The molecule has 0 radical (unpaired) electrons. The van der Waals surface area contributed by atoms with Crippen LogP contribution in [0.2, 0.25) is 0 Å². The van der Waals surface area contributed by atoms with Gasteiger partial charge in [-0.1, -0.05) is 43.2 Å². The number of amides is 1. The number of carboxylic acids is 1. The summed E-state index contributed by atoms with van der Waals surface area (Å²) in [5.41, 5.74) is 2.05. The van der Waals surface area contributed by atoms with Gasteiger partial charge in [-0.3, -0.25) is 4.79 Å². The Bertz CT molecular complexity index is 1210. The first kappa shape index (κ1) is 23.2. The zero-order valence-electron chi connectivity index (χ0n) is 19.9. The molecule has 1 aliphatic heterocycles. The van der Waals surface area contributed by atoms with Gasteiger partial charge < -0.3 is 19.3 Å². The summed E-state index contributed by atoms with van der Waals surface area (Å²) in [6, 6.07) is 17.7. The van der Waals surface area contributed by atoms with Gasteiger partial charge in [0.05, 0.1) is 13.0 Å². The summed E-state index contributed by atoms with van der Waals surface area (Å²) >= 11 is 0.